The van der Waals surface area contributed by atoms with E-state index in [4.69, 9.17) is 4.52 Å². The van der Waals surface area contributed by atoms with E-state index in [9.17, 15) is 4.79 Å². The highest BCUT2D eigenvalue weighted by molar-refractivity contribution is 5.91. The van der Waals surface area contributed by atoms with Crippen LogP contribution in [0.25, 0.3) is 0 Å². The number of hydrogen-bond acceptors (Lipinski definition) is 4. The lowest BCUT2D eigenvalue weighted by molar-refractivity contribution is 0.0907. The first-order valence-electron chi connectivity index (χ1n) is 6.59. The molecule has 1 aliphatic heterocycles. The van der Waals surface area contributed by atoms with Crippen molar-refractivity contribution < 1.29 is 9.32 Å². The molecule has 5 nitrogen and oxygen atoms in total. The van der Waals surface area contributed by atoms with Gasteiger partial charge >= 0.3 is 0 Å². The van der Waals surface area contributed by atoms with E-state index in [-0.39, 0.29) is 5.91 Å². The maximum absolute atomic E-state index is 11.7. The van der Waals surface area contributed by atoms with Crippen LogP contribution in [0.4, 0.5) is 0 Å². The maximum atomic E-state index is 11.7. The van der Waals surface area contributed by atoms with Gasteiger partial charge in [-0.15, -0.1) is 0 Å². The van der Waals surface area contributed by atoms with Gasteiger partial charge in [-0.05, 0) is 32.2 Å². The number of nitrogens with zero attached hydrogens (tertiary/aromatic N) is 2. The summed E-state index contributed by atoms with van der Waals surface area (Å²) >= 11 is 0. The summed E-state index contributed by atoms with van der Waals surface area (Å²) in [5.41, 5.74) is 0.727. The SMILES string of the molecule is Cc1cc(C(=O)NCCN2CCC[C@@H](C)C2)on1. The van der Waals surface area contributed by atoms with Gasteiger partial charge in [0, 0.05) is 25.7 Å². The van der Waals surface area contributed by atoms with Crippen molar-refractivity contribution in [2.75, 3.05) is 26.2 Å². The molecular weight excluding hydrogens is 230 g/mol. The summed E-state index contributed by atoms with van der Waals surface area (Å²) in [7, 11) is 0. The van der Waals surface area contributed by atoms with Crippen molar-refractivity contribution in [2.24, 2.45) is 5.92 Å². The lowest BCUT2D eigenvalue weighted by Gasteiger charge is -2.30. The zero-order chi connectivity index (χ0) is 13.0. The third-order valence-electron chi connectivity index (χ3n) is 3.31. The van der Waals surface area contributed by atoms with Crippen molar-refractivity contribution >= 4 is 5.91 Å². The van der Waals surface area contributed by atoms with Crippen LogP contribution < -0.4 is 5.32 Å². The summed E-state index contributed by atoms with van der Waals surface area (Å²) in [5, 5.41) is 6.56. The number of carbonyl (C=O) groups is 1. The molecule has 1 amide bonds. The molecule has 0 radical (unpaired) electrons. The summed E-state index contributed by atoms with van der Waals surface area (Å²) in [6, 6.07) is 1.65. The van der Waals surface area contributed by atoms with Crippen LogP contribution in [-0.4, -0.2) is 42.1 Å². The van der Waals surface area contributed by atoms with Gasteiger partial charge in [0.2, 0.25) is 5.76 Å². The molecule has 100 valence electrons. The number of amides is 1. The third-order valence-corrected chi connectivity index (χ3v) is 3.31. The van der Waals surface area contributed by atoms with Gasteiger partial charge in [0.25, 0.3) is 5.91 Å². The predicted octanol–water partition coefficient (Wildman–Crippen LogP) is 1.44. The Hall–Kier alpha value is -1.36. The molecule has 0 aliphatic carbocycles. The fourth-order valence-electron chi connectivity index (χ4n) is 2.38. The van der Waals surface area contributed by atoms with E-state index < -0.39 is 0 Å². The van der Waals surface area contributed by atoms with E-state index in [0.29, 0.717) is 12.3 Å². The maximum Gasteiger partial charge on any atom is 0.289 e. The van der Waals surface area contributed by atoms with Crippen molar-refractivity contribution in [1.29, 1.82) is 0 Å². The van der Waals surface area contributed by atoms with Crippen LogP contribution in [0, 0.1) is 12.8 Å². The Bertz CT molecular complexity index is 403. The highest BCUT2D eigenvalue weighted by Gasteiger charge is 2.16. The van der Waals surface area contributed by atoms with Gasteiger partial charge in [0.15, 0.2) is 0 Å². The van der Waals surface area contributed by atoms with Gasteiger partial charge in [-0.1, -0.05) is 12.1 Å². The second-order valence-corrected chi connectivity index (χ2v) is 5.14. The average Bonchev–Trinajstić information content (AvgIpc) is 2.76. The minimum atomic E-state index is -0.180. The molecule has 5 heteroatoms. The zero-order valence-electron chi connectivity index (χ0n) is 11.1. The van der Waals surface area contributed by atoms with Gasteiger partial charge in [-0.3, -0.25) is 4.79 Å². The molecule has 1 aromatic rings. The fourth-order valence-corrected chi connectivity index (χ4v) is 2.38. The first-order valence-corrected chi connectivity index (χ1v) is 6.59. The van der Waals surface area contributed by atoms with E-state index in [1.54, 1.807) is 13.0 Å². The quantitative estimate of drug-likeness (QED) is 0.880. The topological polar surface area (TPSA) is 58.4 Å². The number of aromatic nitrogens is 1. The Kier molecular flexibility index (Phi) is 4.36. The highest BCUT2D eigenvalue weighted by Crippen LogP contribution is 2.14. The number of likely N-dealkylation sites (tertiary alicyclic amines) is 1. The Balaban J connectivity index is 1.70. The summed E-state index contributed by atoms with van der Waals surface area (Å²) in [6.07, 6.45) is 2.58. The Morgan fingerprint density at radius 1 is 1.67 bits per heavy atom. The van der Waals surface area contributed by atoms with Crippen molar-refractivity contribution in [2.45, 2.75) is 26.7 Å². The average molecular weight is 251 g/mol. The lowest BCUT2D eigenvalue weighted by Crippen LogP contribution is -2.40. The first-order chi connectivity index (χ1) is 8.65. The Labute approximate surface area is 108 Å². The van der Waals surface area contributed by atoms with Crippen LogP contribution >= 0.6 is 0 Å². The number of hydrogen-bond donors (Lipinski definition) is 1. The smallest absolute Gasteiger partial charge is 0.289 e. The zero-order valence-corrected chi connectivity index (χ0v) is 11.1. The molecule has 0 bridgehead atoms. The van der Waals surface area contributed by atoms with Crippen LogP contribution in [0.15, 0.2) is 10.6 Å². The lowest BCUT2D eigenvalue weighted by atomic mass is 10.0. The van der Waals surface area contributed by atoms with Crippen LogP contribution in [0.3, 0.4) is 0 Å². The molecule has 1 saturated heterocycles. The third kappa shape index (κ3) is 3.57. The van der Waals surface area contributed by atoms with Crippen LogP contribution in [0.1, 0.15) is 36.0 Å². The predicted molar refractivity (Wildman–Crippen MR) is 68.4 cm³/mol. The van der Waals surface area contributed by atoms with Crippen LogP contribution in [-0.2, 0) is 0 Å². The molecule has 1 N–H and O–H groups in total. The molecule has 0 unspecified atom stereocenters. The molecule has 2 heterocycles. The Morgan fingerprint density at radius 3 is 3.17 bits per heavy atom. The van der Waals surface area contributed by atoms with E-state index >= 15 is 0 Å². The molecule has 0 aromatic carbocycles. The number of aryl methyl sites for hydroxylation is 1. The number of nitrogens with one attached hydrogen (secondary N) is 1. The van der Waals surface area contributed by atoms with Crippen molar-refractivity contribution in [3.05, 3.63) is 17.5 Å². The molecule has 18 heavy (non-hydrogen) atoms. The highest BCUT2D eigenvalue weighted by atomic mass is 16.5. The standard InChI is InChI=1S/C13H21N3O2/c1-10-4-3-6-16(9-10)7-5-14-13(17)12-8-11(2)15-18-12/h8,10H,3-7,9H2,1-2H3,(H,14,17)/t10-/m1/s1. The molecule has 1 atom stereocenters. The monoisotopic (exact) mass is 251 g/mol. The molecule has 0 saturated carbocycles. The molecule has 1 fully saturated rings. The Morgan fingerprint density at radius 2 is 2.50 bits per heavy atom. The summed E-state index contributed by atoms with van der Waals surface area (Å²) in [5.74, 6) is 0.881. The van der Waals surface area contributed by atoms with Crippen molar-refractivity contribution in [3.63, 3.8) is 0 Å². The van der Waals surface area contributed by atoms with E-state index in [0.717, 1.165) is 31.2 Å². The van der Waals surface area contributed by atoms with E-state index in [2.05, 4.69) is 22.3 Å². The molecule has 2 rings (SSSR count). The number of carbonyl (C=O) groups excluding carboxylic acids is 1. The minimum absolute atomic E-state index is 0.180. The molecule has 1 aromatic heterocycles. The van der Waals surface area contributed by atoms with Gasteiger partial charge in [-0.25, -0.2) is 0 Å². The van der Waals surface area contributed by atoms with Crippen LogP contribution in [0.2, 0.25) is 0 Å². The fraction of sp³-hybridized carbons (Fsp3) is 0.692. The second-order valence-electron chi connectivity index (χ2n) is 5.14. The van der Waals surface area contributed by atoms with Crippen LogP contribution in [0.5, 0.6) is 0 Å². The number of rotatable bonds is 4. The first kappa shape index (κ1) is 13.1. The summed E-state index contributed by atoms with van der Waals surface area (Å²) in [4.78, 5) is 14.1. The van der Waals surface area contributed by atoms with Gasteiger partial charge in [-0.2, -0.15) is 0 Å². The minimum Gasteiger partial charge on any atom is -0.351 e. The van der Waals surface area contributed by atoms with Gasteiger partial charge in [0.1, 0.15) is 0 Å². The molecular formula is C13H21N3O2. The van der Waals surface area contributed by atoms with E-state index in [1.165, 1.54) is 12.8 Å². The largest absolute Gasteiger partial charge is 0.351 e. The summed E-state index contributed by atoms with van der Waals surface area (Å²) < 4.78 is 4.91. The van der Waals surface area contributed by atoms with E-state index in [1.807, 2.05) is 0 Å². The normalized spacial score (nSPS) is 20.9. The second kappa shape index (κ2) is 6.00. The number of piperidine rings is 1. The molecule has 0 spiro atoms. The summed E-state index contributed by atoms with van der Waals surface area (Å²) in [6.45, 7) is 7.92. The van der Waals surface area contributed by atoms with Crippen molar-refractivity contribution in [3.8, 4) is 0 Å². The van der Waals surface area contributed by atoms with Crippen molar-refractivity contribution in [1.82, 2.24) is 15.4 Å². The molecule has 1 aliphatic rings. The van der Waals surface area contributed by atoms with Gasteiger partial charge < -0.3 is 14.7 Å². The van der Waals surface area contributed by atoms with Gasteiger partial charge in [0.05, 0.1) is 5.69 Å².